The summed E-state index contributed by atoms with van der Waals surface area (Å²) in [4.78, 5) is 0. The summed E-state index contributed by atoms with van der Waals surface area (Å²) < 4.78 is 5.80. The zero-order chi connectivity index (χ0) is 9.12. The number of hydrogen-bond donors (Lipinski definition) is 1. The van der Waals surface area contributed by atoms with E-state index < -0.39 is 0 Å². The highest BCUT2D eigenvalue weighted by atomic mass is 16.5. The second-order valence-electron chi connectivity index (χ2n) is 4.50. The van der Waals surface area contributed by atoms with Gasteiger partial charge in [-0.2, -0.15) is 0 Å². The Bertz CT molecular complexity index is 113. The van der Waals surface area contributed by atoms with Crippen LogP contribution >= 0.6 is 0 Å². The van der Waals surface area contributed by atoms with Crippen LogP contribution in [0.25, 0.3) is 0 Å². The van der Waals surface area contributed by atoms with Crippen LogP contribution in [0, 0.1) is 0 Å². The van der Waals surface area contributed by atoms with Crippen molar-refractivity contribution in [1.82, 2.24) is 5.32 Å². The van der Waals surface area contributed by atoms with Gasteiger partial charge in [0, 0.05) is 6.54 Å². The Balaban J connectivity index is 3.91. The molecule has 0 amide bonds. The number of nitrogens with one attached hydrogen (secondary N) is 1. The molecule has 1 N–H and O–H groups in total. The molecule has 2 heteroatoms. The molecule has 0 aliphatic rings. The molecular formula is C9H21NO. The van der Waals surface area contributed by atoms with E-state index in [4.69, 9.17) is 4.74 Å². The van der Waals surface area contributed by atoms with Crippen LogP contribution in [0.1, 0.15) is 34.6 Å². The smallest absolute Gasteiger partial charge is 0.0757 e. The van der Waals surface area contributed by atoms with Crippen molar-refractivity contribution in [2.75, 3.05) is 13.6 Å². The van der Waals surface area contributed by atoms with Gasteiger partial charge in [0.1, 0.15) is 0 Å². The largest absolute Gasteiger partial charge is 0.369 e. The lowest BCUT2D eigenvalue weighted by molar-refractivity contribution is -0.109. The first-order valence-corrected chi connectivity index (χ1v) is 4.12. The minimum absolute atomic E-state index is 0.0552. The fourth-order valence-electron chi connectivity index (χ4n) is 1.29. The second kappa shape index (κ2) is 3.55. The molecule has 0 aromatic rings. The molecule has 0 radical (unpaired) electrons. The van der Waals surface area contributed by atoms with E-state index in [1.807, 2.05) is 7.05 Å². The number of rotatable bonds is 3. The Morgan fingerprint density at radius 3 is 1.82 bits per heavy atom. The van der Waals surface area contributed by atoms with Gasteiger partial charge in [-0.15, -0.1) is 0 Å². The maximum atomic E-state index is 5.80. The molecule has 0 bridgehead atoms. The summed E-state index contributed by atoms with van der Waals surface area (Å²) in [5, 5.41) is 3.11. The molecule has 0 unspecified atom stereocenters. The van der Waals surface area contributed by atoms with Gasteiger partial charge in [-0.25, -0.2) is 0 Å². The van der Waals surface area contributed by atoms with Crippen LogP contribution in [0.15, 0.2) is 0 Å². The highest BCUT2D eigenvalue weighted by Crippen LogP contribution is 2.18. The highest BCUT2D eigenvalue weighted by molar-refractivity contribution is 4.75. The van der Waals surface area contributed by atoms with Gasteiger partial charge in [-0.1, -0.05) is 0 Å². The minimum atomic E-state index is -0.0764. The maximum absolute atomic E-state index is 5.80. The lowest BCUT2D eigenvalue weighted by Gasteiger charge is -2.33. The molecule has 0 fully saturated rings. The molecule has 0 spiro atoms. The molecule has 0 heterocycles. The lowest BCUT2D eigenvalue weighted by atomic mass is 10.1. The van der Waals surface area contributed by atoms with Gasteiger partial charge >= 0.3 is 0 Å². The molecular weight excluding hydrogens is 138 g/mol. The predicted molar refractivity (Wildman–Crippen MR) is 48.8 cm³/mol. The normalized spacial score (nSPS) is 13.6. The Labute approximate surface area is 70.3 Å². The van der Waals surface area contributed by atoms with E-state index >= 15 is 0 Å². The van der Waals surface area contributed by atoms with Crippen LogP contribution in [-0.2, 0) is 4.74 Å². The third-order valence-corrected chi connectivity index (χ3v) is 1.18. The van der Waals surface area contributed by atoms with Crippen molar-refractivity contribution in [2.24, 2.45) is 0 Å². The van der Waals surface area contributed by atoms with E-state index in [2.05, 4.69) is 39.9 Å². The third-order valence-electron chi connectivity index (χ3n) is 1.18. The molecule has 0 aliphatic carbocycles. The van der Waals surface area contributed by atoms with Crippen molar-refractivity contribution < 1.29 is 4.74 Å². The van der Waals surface area contributed by atoms with E-state index in [0.717, 1.165) is 6.54 Å². The Kier molecular flexibility index (Phi) is 3.52. The van der Waals surface area contributed by atoms with Crippen LogP contribution in [0.5, 0.6) is 0 Å². The van der Waals surface area contributed by atoms with Crippen molar-refractivity contribution in [3.05, 3.63) is 0 Å². The van der Waals surface area contributed by atoms with Crippen LogP contribution in [0.3, 0.4) is 0 Å². The fraction of sp³-hybridized carbons (Fsp3) is 1.00. The molecule has 0 saturated heterocycles. The first-order chi connectivity index (χ1) is 4.77. The first kappa shape index (κ1) is 10.9. The maximum Gasteiger partial charge on any atom is 0.0757 e. The van der Waals surface area contributed by atoms with E-state index in [1.54, 1.807) is 0 Å². The molecule has 0 rings (SSSR count). The van der Waals surface area contributed by atoms with Crippen LogP contribution in [-0.4, -0.2) is 24.8 Å². The van der Waals surface area contributed by atoms with Gasteiger partial charge in [0.05, 0.1) is 11.2 Å². The van der Waals surface area contributed by atoms with Crippen LogP contribution in [0.2, 0.25) is 0 Å². The SMILES string of the molecule is CNCC(C)(C)OC(C)(C)C. The van der Waals surface area contributed by atoms with Gasteiger partial charge in [0.2, 0.25) is 0 Å². The highest BCUT2D eigenvalue weighted by Gasteiger charge is 2.24. The van der Waals surface area contributed by atoms with Gasteiger partial charge in [-0.05, 0) is 41.7 Å². The Hall–Kier alpha value is -0.0800. The van der Waals surface area contributed by atoms with E-state index in [1.165, 1.54) is 0 Å². The standard InChI is InChI=1S/C9H21NO/c1-8(2,3)11-9(4,5)7-10-6/h10H,7H2,1-6H3. The van der Waals surface area contributed by atoms with Crippen molar-refractivity contribution >= 4 is 0 Å². The Morgan fingerprint density at radius 2 is 1.55 bits per heavy atom. The molecule has 0 saturated carbocycles. The monoisotopic (exact) mass is 159 g/mol. The van der Waals surface area contributed by atoms with Gasteiger partial charge in [0.15, 0.2) is 0 Å². The first-order valence-electron chi connectivity index (χ1n) is 4.12. The number of ether oxygens (including phenoxy) is 1. The van der Waals surface area contributed by atoms with E-state index in [0.29, 0.717) is 0 Å². The molecule has 0 aromatic heterocycles. The van der Waals surface area contributed by atoms with Crippen molar-refractivity contribution in [2.45, 2.75) is 45.8 Å². The molecule has 11 heavy (non-hydrogen) atoms. The summed E-state index contributed by atoms with van der Waals surface area (Å²) in [5.41, 5.74) is -0.132. The average molecular weight is 159 g/mol. The zero-order valence-corrected chi connectivity index (χ0v) is 8.62. The third kappa shape index (κ3) is 6.32. The van der Waals surface area contributed by atoms with Crippen LogP contribution in [0.4, 0.5) is 0 Å². The summed E-state index contributed by atoms with van der Waals surface area (Å²) in [5.74, 6) is 0. The number of likely N-dealkylation sites (N-methyl/N-ethyl adjacent to an activating group) is 1. The topological polar surface area (TPSA) is 21.3 Å². The second-order valence-corrected chi connectivity index (χ2v) is 4.50. The molecule has 0 aliphatic heterocycles. The zero-order valence-electron chi connectivity index (χ0n) is 8.62. The van der Waals surface area contributed by atoms with Crippen molar-refractivity contribution in [3.63, 3.8) is 0 Å². The summed E-state index contributed by atoms with van der Waals surface area (Å²) >= 11 is 0. The summed E-state index contributed by atoms with van der Waals surface area (Å²) in [6.45, 7) is 11.3. The summed E-state index contributed by atoms with van der Waals surface area (Å²) in [6.07, 6.45) is 0. The molecule has 0 aromatic carbocycles. The van der Waals surface area contributed by atoms with Gasteiger partial charge < -0.3 is 10.1 Å². The molecule has 2 nitrogen and oxygen atoms in total. The number of hydrogen-bond acceptors (Lipinski definition) is 2. The lowest BCUT2D eigenvalue weighted by Crippen LogP contribution is -2.41. The quantitative estimate of drug-likeness (QED) is 0.678. The Morgan fingerprint density at radius 1 is 1.09 bits per heavy atom. The average Bonchev–Trinajstić information content (AvgIpc) is 1.55. The predicted octanol–water partition coefficient (Wildman–Crippen LogP) is 1.80. The van der Waals surface area contributed by atoms with E-state index in [-0.39, 0.29) is 11.2 Å². The van der Waals surface area contributed by atoms with E-state index in [9.17, 15) is 0 Å². The van der Waals surface area contributed by atoms with Crippen LogP contribution < -0.4 is 5.32 Å². The van der Waals surface area contributed by atoms with Crippen molar-refractivity contribution in [1.29, 1.82) is 0 Å². The minimum Gasteiger partial charge on any atom is -0.369 e. The molecule has 68 valence electrons. The van der Waals surface area contributed by atoms with Gasteiger partial charge in [-0.3, -0.25) is 0 Å². The van der Waals surface area contributed by atoms with Gasteiger partial charge in [0.25, 0.3) is 0 Å². The summed E-state index contributed by atoms with van der Waals surface area (Å²) in [7, 11) is 1.94. The fourth-order valence-corrected chi connectivity index (χ4v) is 1.29. The summed E-state index contributed by atoms with van der Waals surface area (Å²) in [6, 6.07) is 0. The molecule has 0 atom stereocenters. The van der Waals surface area contributed by atoms with Crippen molar-refractivity contribution in [3.8, 4) is 0 Å².